The monoisotopic (exact) mass is 301 g/mol. The van der Waals surface area contributed by atoms with Gasteiger partial charge in [-0.1, -0.05) is 29.8 Å². The first-order chi connectivity index (χ1) is 10.2. The summed E-state index contributed by atoms with van der Waals surface area (Å²) >= 11 is 1.87. The van der Waals surface area contributed by atoms with Crippen LogP contribution in [0.15, 0.2) is 53.4 Å². The zero-order valence-corrected chi connectivity index (χ0v) is 13.7. The fourth-order valence-corrected chi connectivity index (χ4v) is 3.19. The molecule has 0 saturated heterocycles. The van der Waals surface area contributed by atoms with Gasteiger partial charge in [0.2, 0.25) is 0 Å². The molecule has 0 saturated carbocycles. The van der Waals surface area contributed by atoms with E-state index in [1.807, 2.05) is 31.8 Å². The summed E-state index contributed by atoms with van der Waals surface area (Å²) in [5.74, 6) is 1.94. The van der Waals surface area contributed by atoms with Crippen LogP contribution in [-0.2, 0) is 0 Å². The SMILES string of the molecule is CCOc1cccc(C(CSc2ccc(C)cc2)NC)c1. The van der Waals surface area contributed by atoms with Gasteiger partial charge in [-0.2, -0.15) is 0 Å². The van der Waals surface area contributed by atoms with E-state index in [4.69, 9.17) is 4.74 Å². The molecular formula is C18H23NOS. The summed E-state index contributed by atoms with van der Waals surface area (Å²) in [6.45, 7) is 4.82. The first-order valence-corrected chi connectivity index (χ1v) is 8.31. The highest BCUT2D eigenvalue weighted by molar-refractivity contribution is 7.99. The maximum atomic E-state index is 5.58. The Kier molecular flexibility index (Phi) is 6.15. The van der Waals surface area contributed by atoms with Crippen LogP contribution in [0.25, 0.3) is 0 Å². The zero-order valence-electron chi connectivity index (χ0n) is 12.9. The van der Waals surface area contributed by atoms with E-state index in [1.165, 1.54) is 16.0 Å². The van der Waals surface area contributed by atoms with Crippen molar-refractivity contribution in [3.63, 3.8) is 0 Å². The Hall–Kier alpha value is -1.45. The molecule has 0 aliphatic carbocycles. The van der Waals surface area contributed by atoms with Gasteiger partial charge in [0.1, 0.15) is 5.75 Å². The summed E-state index contributed by atoms with van der Waals surface area (Å²) in [5, 5.41) is 3.39. The van der Waals surface area contributed by atoms with E-state index in [9.17, 15) is 0 Å². The summed E-state index contributed by atoms with van der Waals surface area (Å²) < 4.78 is 5.58. The van der Waals surface area contributed by atoms with Crippen molar-refractivity contribution in [1.82, 2.24) is 5.32 Å². The molecule has 3 heteroatoms. The van der Waals surface area contributed by atoms with Gasteiger partial charge in [-0.25, -0.2) is 0 Å². The predicted molar refractivity (Wildman–Crippen MR) is 91.3 cm³/mol. The molecule has 0 aromatic heterocycles. The van der Waals surface area contributed by atoms with Crippen LogP contribution in [0.4, 0.5) is 0 Å². The minimum absolute atomic E-state index is 0.316. The second-order valence-electron chi connectivity index (χ2n) is 4.97. The van der Waals surface area contributed by atoms with Gasteiger partial charge in [-0.3, -0.25) is 0 Å². The highest BCUT2D eigenvalue weighted by Crippen LogP contribution is 2.26. The summed E-state index contributed by atoms with van der Waals surface area (Å²) in [5.41, 5.74) is 2.57. The smallest absolute Gasteiger partial charge is 0.119 e. The van der Waals surface area contributed by atoms with Gasteiger partial charge in [-0.15, -0.1) is 11.8 Å². The Morgan fingerprint density at radius 1 is 1.14 bits per heavy atom. The van der Waals surface area contributed by atoms with Gasteiger partial charge in [0, 0.05) is 16.7 Å². The lowest BCUT2D eigenvalue weighted by Gasteiger charge is -2.17. The Labute approximate surface area is 131 Å². The highest BCUT2D eigenvalue weighted by atomic mass is 32.2. The van der Waals surface area contributed by atoms with E-state index in [-0.39, 0.29) is 0 Å². The van der Waals surface area contributed by atoms with E-state index in [0.717, 1.165) is 11.5 Å². The third kappa shape index (κ3) is 4.80. The second kappa shape index (κ2) is 8.11. The van der Waals surface area contributed by atoms with Crippen molar-refractivity contribution in [2.24, 2.45) is 0 Å². The molecule has 21 heavy (non-hydrogen) atoms. The molecule has 2 rings (SSSR count). The van der Waals surface area contributed by atoms with Crippen LogP contribution < -0.4 is 10.1 Å². The molecule has 0 fully saturated rings. The molecule has 112 valence electrons. The number of aryl methyl sites for hydroxylation is 1. The average Bonchev–Trinajstić information content (AvgIpc) is 2.50. The first-order valence-electron chi connectivity index (χ1n) is 7.32. The number of benzene rings is 2. The van der Waals surface area contributed by atoms with Crippen LogP contribution >= 0.6 is 11.8 Å². The molecule has 0 aliphatic rings. The lowest BCUT2D eigenvalue weighted by Crippen LogP contribution is -2.18. The maximum absolute atomic E-state index is 5.58. The molecule has 2 aromatic carbocycles. The molecule has 0 bridgehead atoms. The highest BCUT2D eigenvalue weighted by Gasteiger charge is 2.10. The van der Waals surface area contributed by atoms with Crippen molar-refractivity contribution in [2.45, 2.75) is 24.8 Å². The number of ether oxygens (including phenoxy) is 1. The van der Waals surface area contributed by atoms with Crippen LogP contribution in [0.5, 0.6) is 5.75 Å². The third-order valence-corrected chi connectivity index (χ3v) is 4.46. The number of hydrogen-bond donors (Lipinski definition) is 1. The fraction of sp³-hybridized carbons (Fsp3) is 0.333. The maximum Gasteiger partial charge on any atom is 0.119 e. The molecule has 1 atom stereocenters. The lowest BCUT2D eigenvalue weighted by atomic mass is 10.1. The van der Waals surface area contributed by atoms with E-state index in [1.54, 1.807) is 0 Å². The number of hydrogen-bond acceptors (Lipinski definition) is 3. The van der Waals surface area contributed by atoms with Crippen molar-refractivity contribution >= 4 is 11.8 Å². The van der Waals surface area contributed by atoms with Crippen molar-refractivity contribution < 1.29 is 4.74 Å². The average molecular weight is 301 g/mol. The molecule has 0 spiro atoms. The lowest BCUT2D eigenvalue weighted by molar-refractivity contribution is 0.339. The van der Waals surface area contributed by atoms with Gasteiger partial charge >= 0.3 is 0 Å². The van der Waals surface area contributed by atoms with Gasteiger partial charge < -0.3 is 10.1 Å². The zero-order chi connectivity index (χ0) is 15.1. The number of rotatable bonds is 7. The predicted octanol–water partition coefficient (Wildman–Crippen LogP) is 4.45. The molecule has 1 unspecified atom stereocenters. The molecule has 2 aromatic rings. The van der Waals surface area contributed by atoms with Crippen LogP contribution in [0.1, 0.15) is 24.1 Å². The topological polar surface area (TPSA) is 21.3 Å². The van der Waals surface area contributed by atoms with Crippen LogP contribution in [0.2, 0.25) is 0 Å². The van der Waals surface area contributed by atoms with Crippen molar-refractivity contribution in [1.29, 1.82) is 0 Å². The van der Waals surface area contributed by atoms with Gasteiger partial charge in [0.15, 0.2) is 0 Å². The quantitative estimate of drug-likeness (QED) is 0.764. The van der Waals surface area contributed by atoms with Crippen molar-refractivity contribution in [2.75, 3.05) is 19.4 Å². The molecule has 0 amide bonds. The van der Waals surface area contributed by atoms with Gasteiger partial charge in [0.25, 0.3) is 0 Å². The Morgan fingerprint density at radius 2 is 1.90 bits per heavy atom. The number of nitrogens with one attached hydrogen (secondary N) is 1. The largest absolute Gasteiger partial charge is 0.494 e. The molecule has 0 radical (unpaired) electrons. The van der Waals surface area contributed by atoms with Crippen LogP contribution in [0.3, 0.4) is 0 Å². The summed E-state index contributed by atoms with van der Waals surface area (Å²) in [7, 11) is 2.01. The summed E-state index contributed by atoms with van der Waals surface area (Å²) in [4.78, 5) is 1.31. The first kappa shape index (κ1) is 15.9. The van der Waals surface area contributed by atoms with E-state index >= 15 is 0 Å². The van der Waals surface area contributed by atoms with E-state index in [0.29, 0.717) is 12.6 Å². The van der Waals surface area contributed by atoms with Crippen molar-refractivity contribution in [3.8, 4) is 5.75 Å². The molecule has 2 nitrogen and oxygen atoms in total. The van der Waals surface area contributed by atoms with E-state index < -0.39 is 0 Å². The van der Waals surface area contributed by atoms with Crippen LogP contribution in [0, 0.1) is 6.92 Å². The number of thioether (sulfide) groups is 1. The normalized spacial score (nSPS) is 12.1. The fourth-order valence-electron chi connectivity index (χ4n) is 2.15. The molecule has 0 heterocycles. The Balaban J connectivity index is 2.02. The summed E-state index contributed by atoms with van der Waals surface area (Å²) in [6, 6.07) is 17.3. The van der Waals surface area contributed by atoms with E-state index in [2.05, 4.69) is 54.7 Å². The standard InChI is InChI=1S/C18H23NOS/c1-4-20-16-7-5-6-15(12-16)18(19-3)13-21-17-10-8-14(2)9-11-17/h5-12,18-19H,4,13H2,1-3H3. The molecule has 1 N–H and O–H groups in total. The third-order valence-electron chi connectivity index (χ3n) is 3.36. The van der Waals surface area contributed by atoms with Gasteiger partial charge in [0.05, 0.1) is 6.61 Å². The summed E-state index contributed by atoms with van der Waals surface area (Å²) in [6.07, 6.45) is 0. The van der Waals surface area contributed by atoms with Crippen molar-refractivity contribution in [3.05, 3.63) is 59.7 Å². The molecule has 0 aliphatic heterocycles. The van der Waals surface area contributed by atoms with Crippen LogP contribution in [-0.4, -0.2) is 19.4 Å². The molecular weight excluding hydrogens is 278 g/mol. The Morgan fingerprint density at radius 3 is 2.57 bits per heavy atom. The Bertz CT molecular complexity index is 553. The van der Waals surface area contributed by atoms with Gasteiger partial charge in [-0.05, 0) is 50.7 Å². The second-order valence-corrected chi connectivity index (χ2v) is 6.06. The minimum Gasteiger partial charge on any atom is -0.494 e. The minimum atomic E-state index is 0.316.